The SMILES string of the molecule is CNC(CSC)Cc1ccc(O)cc1. The first kappa shape index (κ1) is 11.4. The molecule has 1 aromatic rings. The monoisotopic (exact) mass is 211 g/mol. The van der Waals surface area contributed by atoms with E-state index in [1.165, 1.54) is 5.56 Å². The molecule has 1 aromatic carbocycles. The second-order valence-electron chi connectivity index (χ2n) is 3.31. The third-order valence-electron chi connectivity index (χ3n) is 2.19. The van der Waals surface area contributed by atoms with Gasteiger partial charge in [0.25, 0.3) is 0 Å². The van der Waals surface area contributed by atoms with Crippen LogP contribution in [0, 0.1) is 0 Å². The summed E-state index contributed by atoms with van der Waals surface area (Å²) < 4.78 is 0. The van der Waals surface area contributed by atoms with Gasteiger partial charge in [0.05, 0.1) is 0 Å². The number of hydrogen-bond acceptors (Lipinski definition) is 3. The molecule has 0 aliphatic heterocycles. The number of hydrogen-bond donors (Lipinski definition) is 2. The van der Waals surface area contributed by atoms with Crippen molar-refractivity contribution in [3.63, 3.8) is 0 Å². The van der Waals surface area contributed by atoms with E-state index in [4.69, 9.17) is 5.11 Å². The Balaban J connectivity index is 2.53. The Morgan fingerprint density at radius 2 is 2.00 bits per heavy atom. The van der Waals surface area contributed by atoms with Crippen molar-refractivity contribution >= 4 is 11.8 Å². The van der Waals surface area contributed by atoms with Crippen molar-refractivity contribution in [3.05, 3.63) is 29.8 Å². The van der Waals surface area contributed by atoms with Gasteiger partial charge in [-0.1, -0.05) is 12.1 Å². The molecule has 1 atom stereocenters. The van der Waals surface area contributed by atoms with E-state index in [0.29, 0.717) is 11.8 Å². The third kappa shape index (κ3) is 3.60. The molecule has 0 amide bonds. The first-order chi connectivity index (χ1) is 6.76. The van der Waals surface area contributed by atoms with E-state index in [1.807, 2.05) is 30.9 Å². The van der Waals surface area contributed by atoms with Gasteiger partial charge >= 0.3 is 0 Å². The molecule has 78 valence electrons. The van der Waals surface area contributed by atoms with Gasteiger partial charge in [-0.05, 0) is 37.4 Å². The Bertz CT molecular complexity index is 260. The smallest absolute Gasteiger partial charge is 0.115 e. The molecular formula is C11H17NOS. The number of aromatic hydroxyl groups is 1. The molecule has 0 aromatic heterocycles. The molecule has 1 rings (SSSR count). The van der Waals surface area contributed by atoms with Crippen molar-refractivity contribution in [2.75, 3.05) is 19.1 Å². The summed E-state index contributed by atoms with van der Waals surface area (Å²) in [6.07, 6.45) is 3.12. The van der Waals surface area contributed by atoms with Crippen molar-refractivity contribution in [3.8, 4) is 5.75 Å². The van der Waals surface area contributed by atoms with E-state index in [-0.39, 0.29) is 0 Å². The van der Waals surface area contributed by atoms with Gasteiger partial charge in [-0.25, -0.2) is 0 Å². The second-order valence-corrected chi connectivity index (χ2v) is 4.22. The molecule has 14 heavy (non-hydrogen) atoms. The first-order valence-electron chi connectivity index (χ1n) is 4.70. The van der Waals surface area contributed by atoms with Crippen LogP contribution in [-0.2, 0) is 6.42 Å². The van der Waals surface area contributed by atoms with Crippen LogP contribution in [0.25, 0.3) is 0 Å². The Morgan fingerprint density at radius 1 is 1.36 bits per heavy atom. The molecule has 0 spiro atoms. The summed E-state index contributed by atoms with van der Waals surface area (Å²) in [7, 11) is 1.99. The molecule has 0 fully saturated rings. The number of benzene rings is 1. The van der Waals surface area contributed by atoms with Crippen molar-refractivity contribution in [1.29, 1.82) is 0 Å². The largest absolute Gasteiger partial charge is 0.508 e. The Hall–Kier alpha value is -0.670. The fraction of sp³-hybridized carbons (Fsp3) is 0.455. The van der Waals surface area contributed by atoms with Gasteiger partial charge in [0.2, 0.25) is 0 Å². The summed E-state index contributed by atoms with van der Waals surface area (Å²) in [6, 6.07) is 7.93. The van der Waals surface area contributed by atoms with Crippen LogP contribution < -0.4 is 5.32 Å². The molecule has 0 heterocycles. The lowest BCUT2D eigenvalue weighted by atomic mass is 10.1. The maximum Gasteiger partial charge on any atom is 0.115 e. The first-order valence-corrected chi connectivity index (χ1v) is 6.09. The molecular weight excluding hydrogens is 194 g/mol. The summed E-state index contributed by atoms with van der Waals surface area (Å²) in [6.45, 7) is 0. The van der Waals surface area contributed by atoms with Crippen LogP contribution in [0.2, 0.25) is 0 Å². The van der Waals surface area contributed by atoms with Crippen molar-refractivity contribution in [1.82, 2.24) is 5.32 Å². The maximum atomic E-state index is 9.13. The molecule has 2 nitrogen and oxygen atoms in total. The predicted molar refractivity (Wildman–Crippen MR) is 63.0 cm³/mol. The fourth-order valence-corrected chi connectivity index (χ4v) is 2.05. The highest BCUT2D eigenvalue weighted by Crippen LogP contribution is 2.12. The van der Waals surface area contributed by atoms with Crippen LogP contribution in [0.5, 0.6) is 5.75 Å². The van der Waals surface area contributed by atoms with Gasteiger partial charge in [-0.2, -0.15) is 11.8 Å². The topological polar surface area (TPSA) is 32.3 Å². The van der Waals surface area contributed by atoms with E-state index in [2.05, 4.69) is 11.6 Å². The quantitative estimate of drug-likeness (QED) is 0.780. The molecule has 0 aliphatic carbocycles. The molecule has 2 N–H and O–H groups in total. The average molecular weight is 211 g/mol. The number of nitrogens with one attached hydrogen (secondary N) is 1. The lowest BCUT2D eigenvalue weighted by molar-refractivity contribution is 0.475. The molecule has 1 unspecified atom stereocenters. The summed E-state index contributed by atoms with van der Waals surface area (Å²) in [5.41, 5.74) is 1.26. The summed E-state index contributed by atoms with van der Waals surface area (Å²) in [5, 5.41) is 12.4. The van der Waals surface area contributed by atoms with Gasteiger partial charge < -0.3 is 10.4 Å². The van der Waals surface area contributed by atoms with Crippen LogP contribution in [0.15, 0.2) is 24.3 Å². The number of likely N-dealkylation sites (N-methyl/N-ethyl adjacent to an activating group) is 1. The van der Waals surface area contributed by atoms with Gasteiger partial charge in [-0.3, -0.25) is 0 Å². The lowest BCUT2D eigenvalue weighted by Gasteiger charge is -2.14. The minimum Gasteiger partial charge on any atom is -0.508 e. The van der Waals surface area contributed by atoms with E-state index < -0.39 is 0 Å². The fourth-order valence-electron chi connectivity index (χ4n) is 1.36. The Morgan fingerprint density at radius 3 is 2.50 bits per heavy atom. The maximum absolute atomic E-state index is 9.13. The number of thioether (sulfide) groups is 1. The lowest BCUT2D eigenvalue weighted by Crippen LogP contribution is -2.29. The number of phenolic OH excluding ortho intramolecular Hbond substituents is 1. The predicted octanol–water partition coefficient (Wildman–Crippen LogP) is 1.89. The van der Waals surface area contributed by atoms with E-state index in [1.54, 1.807) is 12.1 Å². The van der Waals surface area contributed by atoms with Crippen molar-refractivity contribution in [2.24, 2.45) is 0 Å². The Kier molecular flexibility index (Phi) is 4.84. The molecule has 0 radical (unpaired) electrons. The highest BCUT2D eigenvalue weighted by atomic mass is 32.2. The van der Waals surface area contributed by atoms with Gasteiger partial charge in [0, 0.05) is 11.8 Å². The number of rotatable bonds is 5. The van der Waals surface area contributed by atoms with E-state index in [0.717, 1.165) is 12.2 Å². The van der Waals surface area contributed by atoms with Crippen molar-refractivity contribution < 1.29 is 5.11 Å². The second kappa shape index (κ2) is 5.94. The molecule has 0 bridgehead atoms. The summed E-state index contributed by atoms with van der Waals surface area (Å²) >= 11 is 1.84. The highest BCUT2D eigenvalue weighted by molar-refractivity contribution is 7.98. The van der Waals surface area contributed by atoms with Crippen molar-refractivity contribution in [2.45, 2.75) is 12.5 Å². The van der Waals surface area contributed by atoms with E-state index >= 15 is 0 Å². The zero-order valence-electron chi connectivity index (χ0n) is 8.66. The van der Waals surface area contributed by atoms with Gasteiger partial charge in [0.1, 0.15) is 5.75 Å². The summed E-state index contributed by atoms with van der Waals surface area (Å²) in [4.78, 5) is 0. The van der Waals surface area contributed by atoms with Gasteiger partial charge in [-0.15, -0.1) is 0 Å². The van der Waals surface area contributed by atoms with Crippen LogP contribution in [0.4, 0.5) is 0 Å². The molecule has 0 saturated heterocycles. The van der Waals surface area contributed by atoms with E-state index in [9.17, 15) is 0 Å². The standard InChI is InChI=1S/C11H17NOS/c1-12-10(8-14-2)7-9-3-5-11(13)6-4-9/h3-6,10,12-13H,7-8H2,1-2H3. The van der Waals surface area contributed by atoms with Crippen LogP contribution >= 0.6 is 11.8 Å². The normalized spacial score (nSPS) is 12.7. The summed E-state index contributed by atoms with van der Waals surface area (Å²) in [5.74, 6) is 1.44. The zero-order chi connectivity index (χ0) is 10.4. The molecule has 3 heteroatoms. The van der Waals surface area contributed by atoms with Crippen LogP contribution in [-0.4, -0.2) is 30.2 Å². The van der Waals surface area contributed by atoms with Crippen LogP contribution in [0.3, 0.4) is 0 Å². The third-order valence-corrected chi connectivity index (χ3v) is 2.93. The minimum atomic E-state index is 0.333. The Labute approximate surface area is 89.7 Å². The number of phenols is 1. The zero-order valence-corrected chi connectivity index (χ0v) is 9.47. The minimum absolute atomic E-state index is 0.333. The molecule has 0 aliphatic rings. The highest BCUT2D eigenvalue weighted by Gasteiger charge is 2.05. The molecule has 0 saturated carbocycles. The van der Waals surface area contributed by atoms with Gasteiger partial charge in [0.15, 0.2) is 0 Å². The van der Waals surface area contributed by atoms with Crippen LogP contribution in [0.1, 0.15) is 5.56 Å². The average Bonchev–Trinajstić information content (AvgIpc) is 2.20.